The van der Waals surface area contributed by atoms with Crippen molar-refractivity contribution in [3.63, 3.8) is 0 Å². The predicted molar refractivity (Wildman–Crippen MR) is 74.1 cm³/mol. The van der Waals surface area contributed by atoms with Crippen molar-refractivity contribution in [3.8, 4) is 0 Å². The lowest BCUT2D eigenvalue weighted by atomic mass is 10.0. The highest BCUT2D eigenvalue weighted by Gasteiger charge is 2.23. The van der Waals surface area contributed by atoms with E-state index in [1.807, 2.05) is 20.8 Å². The molecule has 1 aromatic carbocycles. The second-order valence-corrected chi connectivity index (χ2v) is 6.61. The van der Waals surface area contributed by atoms with E-state index in [-0.39, 0.29) is 12.0 Å². The topological polar surface area (TPSA) is 89.3 Å². The lowest BCUT2D eigenvalue weighted by Gasteiger charge is -2.21. The van der Waals surface area contributed by atoms with Crippen molar-refractivity contribution in [3.05, 3.63) is 29.3 Å². The van der Waals surface area contributed by atoms with Crippen LogP contribution in [-0.4, -0.2) is 20.4 Å². The zero-order valence-corrected chi connectivity index (χ0v) is 12.8. The number of nitrogens with two attached hydrogens (primary N) is 1. The Bertz CT molecular complexity index is 645. The highest BCUT2D eigenvalue weighted by Crippen LogP contribution is 2.18. The van der Waals surface area contributed by atoms with Gasteiger partial charge in [0.05, 0.1) is 10.5 Å². The van der Waals surface area contributed by atoms with E-state index in [4.69, 9.17) is 5.14 Å². The molecule has 21 heavy (non-hydrogen) atoms. The third-order valence-corrected chi connectivity index (χ3v) is 4.03. The van der Waals surface area contributed by atoms with Gasteiger partial charge in [-0.2, -0.15) is 0 Å². The van der Waals surface area contributed by atoms with Gasteiger partial charge >= 0.3 is 0 Å². The number of carbonyl (C=O) groups is 1. The highest BCUT2D eigenvalue weighted by molar-refractivity contribution is 7.89. The van der Waals surface area contributed by atoms with Crippen LogP contribution in [0.5, 0.6) is 0 Å². The number of hydrogen-bond donors (Lipinski definition) is 2. The van der Waals surface area contributed by atoms with Crippen LogP contribution < -0.4 is 10.5 Å². The first-order chi connectivity index (χ1) is 9.57. The summed E-state index contributed by atoms with van der Waals surface area (Å²) in [6.45, 7) is 5.57. The molecule has 0 aliphatic rings. The van der Waals surface area contributed by atoms with Crippen LogP contribution >= 0.6 is 0 Å². The fraction of sp³-hybridized carbons (Fsp3) is 0.462. The Hall–Kier alpha value is -1.54. The van der Waals surface area contributed by atoms with Gasteiger partial charge in [-0.05, 0) is 24.5 Å². The fourth-order valence-electron chi connectivity index (χ4n) is 1.88. The van der Waals surface area contributed by atoms with Gasteiger partial charge in [-0.15, -0.1) is 0 Å². The number of primary sulfonamides is 1. The molecule has 0 radical (unpaired) electrons. The lowest BCUT2D eigenvalue weighted by Crippen LogP contribution is -2.38. The van der Waals surface area contributed by atoms with Crippen LogP contribution in [0.2, 0.25) is 0 Å². The number of hydrogen-bond acceptors (Lipinski definition) is 3. The molecule has 0 aliphatic carbocycles. The van der Waals surface area contributed by atoms with E-state index in [1.54, 1.807) is 0 Å². The molecule has 0 bridgehead atoms. The molecule has 5 nitrogen and oxygen atoms in total. The van der Waals surface area contributed by atoms with Gasteiger partial charge in [0.25, 0.3) is 5.91 Å². The van der Waals surface area contributed by atoms with Crippen molar-refractivity contribution in [1.29, 1.82) is 0 Å². The third kappa shape index (κ3) is 4.21. The largest absolute Gasteiger partial charge is 0.349 e. The molecule has 118 valence electrons. The van der Waals surface area contributed by atoms with Crippen LogP contribution in [-0.2, 0) is 10.0 Å². The molecule has 0 saturated carbocycles. The van der Waals surface area contributed by atoms with Gasteiger partial charge < -0.3 is 5.32 Å². The maximum Gasteiger partial charge on any atom is 0.254 e. The lowest BCUT2D eigenvalue weighted by molar-refractivity contribution is 0.0919. The molecule has 0 heterocycles. The summed E-state index contributed by atoms with van der Waals surface area (Å²) in [6, 6.07) is 0.940. The molecule has 1 atom stereocenters. The molecule has 0 saturated heterocycles. The molecular weight excluding hydrogens is 302 g/mol. The zero-order chi connectivity index (χ0) is 16.4. The number of carbonyl (C=O) groups excluding carboxylic acids is 1. The molecule has 0 fully saturated rings. The predicted octanol–water partition coefficient (Wildman–Crippen LogP) is 1.78. The first-order valence-electron chi connectivity index (χ1n) is 6.40. The Balaban J connectivity index is 3.24. The molecule has 3 N–H and O–H groups in total. The number of amides is 1. The molecular formula is C13H18F2N2O3S. The van der Waals surface area contributed by atoms with Gasteiger partial charge in [-0.1, -0.05) is 20.8 Å². The molecule has 0 aliphatic heterocycles. The van der Waals surface area contributed by atoms with E-state index >= 15 is 0 Å². The minimum Gasteiger partial charge on any atom is -0.349 e. The SMILES string of the molecule is CCC(NC(=O)c1cc(S(N)(=O)=O)cc(F)c1F)C(C)C. The van der Waals surface area contributed by atoms with Crippen LogP contribution in [0.1, 0.15) is 37.6 Å². The van der Waals surface area contributed by atoms with Crippen molar-refractivity contribution in [2.45, 2.75) is 38.1 Å². The number of benzene rings is 1. The molecule has 0 spiro atoms. The molecule has 8 heteroatoms. The van der Waals surface area contributed by atoms with Gasteiger partial charge in [0.2, 0.25) is 10.0 Å². The zero-order valence-electron chi connectivity index (χ0n) is 12.0. The van der Waals surface area contributed by atoms with Gasteiger partial charge in [0.1, 0.15) is 0 Å². The molecule has 1 unspecified atom stereocenters. The first kappa shape index (κ1) is 17.5. The number of rotatable bonds is 5. The minimum atomic E-state index is -4.24. The third-order valence-electron chi connectivity index (χ3n) is 3.14. The number of nitrogens with one attached hydrogen (secondary N) is 1. The van der Waals surface area contributed by atoms with Crippen molar-refractivity contribution in [2.75, 3.05) is 0 Å². The number of halogens is 2. The van der Waals surface area contributed by atoms with Crippen LogP contribution in [0.4, 0.5) is 8.78 Å². The summed E-state index contributed by atoms with van der Waals surface area (Å²) in [7, 11) is -4.24. The normalized spacial score (nSPS) is 13.3. The summed E-state index contributed by atoms with van der Waals surface area (Å²) in [5, 5.41) is 7.42. The van der Waals surface area contributed by atoms with E-state index in [1.165, 1.54) is 0 Å². The summed E-state index contributed by atoms with van der Waals surface area (Å²) in [5.41, 5.74) is -0.682. The maximum atomic E-state index is 13.7. The molecule has 1 rings (SSSR count). The van der Waals surface area contributed by atoms with Crippen molar-refractivity contribution in [2.24, 2.45) is 11.1 Å². The van der Waals surface area contributed by atoms with Crippen molar-refractivity contribution in [1.82, 2.24) is 5.32 Å². The Morgan fingerprint density at radius 3 is 2.33 bits per heavy atom. The maximum absolute atomic E-state index is 13.7. The average Bonchev–Trinajstić information content (AvgIpc) is 2.36. The average molecular weight is 320 g/mol. The Morgan fingerprint density at radius 2 is 1.90 bits per heavy atom. The Morgan fingerprint density at radius 1 is 1.33 bits per heavy atom. The Kier molecular flexibility index (Phi) is 5.41. The van der Waals surface area contributed by atoms with E-state index < -0.39 is 38.0 Å². The van der Waals surface area contributed by atoms with Crippen LogP contribution in [0, 0.1) is 17.6 Å². The quantitative estimate of drug-likeness (QED) is 0.866. The summed E-state index contributed by atoms with van der Waals surface area (Å²) in [6.07, 6.45) is 0.600. The van der Waals surface area contributed by atoms with Crippen molar-refractivity contribution < 1.29 is 22.0 Å². The fourth-order valence-corrected chi connectivity index (χ4v) is 2.43. The summed E-state index contributed by atoms with van der Waals surface area (Å²) in [5.74, 6) is -3.63. The van der Waals surface area contributed by atoms with Crippen molar-refractivity contribution >= 4 is 15.9 Å². The van der Waals surface area contributed by atoms with E-state index in [9.17, 15) is 22.0 Å². The summed E-state index contributed by atoms with van der Waals surface area (Å²) < 4.78 is 49.6. The second kappa shape index (κ2) is 6.48. The van der Waals surface area contributed by atoms with Gasteiger partial charge in [-0.3, -0.25) is 4.79 Å². The van der Waals surface area contributed by atoms with E-state index in [0.717, 1.165) is 6.07 Å². The van der Waals surface area contributed by atoms with E-state index in [0.29, 0.717) is 12.5 Å². The molecule has 0 aromatic heterocycles. The Labute approximate surface area is 122 Å². The smallest absolute Gasteiger partial charge is 0.254 e. The second-order valence-electron chi connectivity index (χ2n) is 5.04. The van der Waals surface area contributed by atoms with Gasteiger partial charge in [0, 0.05) is 6.04 Å². The van der Waals surface area contributed by atoms with E-state index in [2.05, 4.69) is 5.32 Å². The molecule has 1 aromatic rings. The molecule has 1 amide bonds. The highest BCUT2D eigenvalue weighted by atomic mass is 32.2. The van der Waals surface area contributed by atoms with Crippen LogP contribution in [0.15, 0.2) is 17.0 Å². The first-order valence-corrected chi connectivity index (χ1v) is 7.95. The van der Waals surface area contributed by atoms with Gasteiger partial charge in [-0.25, -0.2) is 22.3 Å². The summed E-state index contributed by atoms with van der Waals surface area (Å²) >= 11 is 0. The standard InChI is InChI=1S/C13H18F2N2O3S/c1-4-11(7(2)3)17-13(18)9-5-8(21(16,19)20)6-10(14)12(9)15/h5-7,11H,4H2,1-3H3,(H,17,18)(H2,16,19,20). The van der Waals surface area contributed by atoms with Crippen LogP contribution in [0.25, 0.3) is 0 Å². The monoisotopic (exact) mass is 320 g/mol. The minimum absolute atomic E-state index is 0.0910. The number of sulfonamides is 1. The van der Waals surface area contributed by atoms with Gasteiger partial charge in [0.15, 0.2) is 11.6 Å². The van der Waals surface area contributed by atoms with Crippen LogP contribution in [0.3, 0.4) is 0 Å². The summed E-state index contributed by atoms with van der Waals surface area (Å²) in [4.78, 5) is 11.4.